The van der Waals surface area contributed by atoms with Crippen LogP contribution < -0.4 is 5.46 Å². The van der Waals surface area contributed by atoms with Gasteiger partial charge >= 0.3 is 6.99 Å². The Labute approximate surface area is 92.9 Å². The first-order chi connectivity index (χ1) is 7.11. The van der Waals surface area contributed by atoms with Crippen molar-refractivity contribution in [1.29, 1.82) is 0 Å². The molecular formula is C10H12BFO2S. The molecular weight excluding hydrogens is 214 g/mol. The molecule has 0 aliphatic rings. The molecule has 0 saturated heterocycles. The van der Waals surface area contributed by atoms with Crippen LogP contribution in [0.25, 0.3) is 5.76 Å². The van der Waals surface area contributed by atoms with Gasteiger partial charge in [-0.25, -0.2) is 0 Å². The lowest BCUT2D eigenvalue weighted by molar-refractivity contribution is 0.112. The van der Waals surface area contributed by atoms with Crippen LogP contribution in [0.2, 0.25) is 6.82 Å². The summed E-state index contributed by atoms with van der Waals surface area (Å²) in [6, 6.07) is 0. The van der Waals surface area contributed by atoms with E-state index in [-0.39, 0.29) is 0 Å². The van der Waals surface area contributed by atoms with E-state index in [1.165, 1.54) is 18.2 Å². The first kappa shape index (κ1) is 12.0. The van der Waals surface area contributed by atoms with Gasteiger partial charge in [-0.2, -0.15) is 0 Å². The SMILES string of the molecule is C=C(OCC)c1c(B(C)F)csc1C=O. The largest absolute Gasteiger partial charge is 0.494 e. The molecule has 0 atom stereocenters. The molecule has 2 nitrogen and oxygen atoms in total. The highest BCUT2D eigenvalue weighted by Crippen LogP contribution is 2.21. The third-order valence-corrected chi connectivity index (χ3v) is 2.91. The van der Waals surface area contributed by atoms with E-state index in [0.717, 1.165) is 0 Å². The quantitative estimate of drug-likeness (QED) is 0.437. The number of aldehydes is 1. The summed E-state index contributed by atoms with van der Waals surface area (Å²) in [5, 5.41) is 1.63. The van der Waals surface area contributed by atoms with Crippen molar-refractivity contribution in [1.82, 2.24) is 0 Å². The van der Waals surface area contributed by atoms with Crippen molar-refractivity contribution in [2.45, 2.75) is 13.7 Å². The third-order valence-electron chi connectivity index (χ3n) is 1.98. The van der Waals surface area contributed by atoms with Crippen molar-refractivity contribution in [2.24, 2.45) is 0 Å². The number of halogens is 1. The first-order valence-electron chi connectivity index (χ1n) is 4.64. The minimum absolute atomic E-state index is 0.361. The zero-order valence-electron chi connectivity index (χ0n) is 8.75. The Morgan fingerprint density at radius 2 is 2.47 bits per heavy atom. The van der Waals surface area contributed by atoms with Gasteiger partial charge < -0.3 is 9.05 Å². The van der Waals surface area contributed by atoms with Gasteiger partial charge in [0.15, 0.2) is 6.29 Å². The van der Waals surface area contributed by atoms with Crippen molar-refractivity contribution in [3.63, 3.8) is 0 Å². The average Bonchev–Trinajstić information content (AvgIpc) is 2.61. The van der Waals surface area contributed by atoms with Crippen LogP contribution in [0.3, 0.4) is 0 Å². The van der Waals surface area contributed by atoms with Gasteiger partial charge in [0.2, 0.25) is 0 Å². The molecule has 15 heavy (non-hydrogen) atoms. The van der Waals surface area contributed by atoms with Crippen LogP contribution in [0.15, 0.2) is 12.0 Å². The summed E-state index contributed by atoms with van der Waals surface area (Å²) in [5.41, 5.74) is 0.979. The number of carbonyl (C=O) groups excluding carboxylic acids is 1. The Morgan fingerprint density at radius 1 is 1.80 bits per heavy atom. The lowest BCUT2D eigenvalue weighted by Gasteiger charge is -2.08. The second-order valence-corrected chi connectivity index (χ2v) is 3.93. The normalized spacial score (nSPS) is 9.80. The monoisotopic (exact) mass is 226 g/mol. The third kappa shape index (κ3) is 2.47. The van der Waals surface area contributed by atoms with E-state index in [0.29, 0.717) is 34.6 Å². The van der Waals surface area contributed by atoms with Crippen LogP contribution in [-0.4, -0.2) is 19.9 Å². The van der Waals surface area contributed by atoms with Crippen LogP contribution in [0.4, 0.5) is 4.32 Å². The molecule has 80 valence electrons. The lowest BCUT2D eigenvalue weighted by atomic mass is 9.66. The molecule has 0 N–H and O–H groups in total. The Bertz CT molecular complexity index is 373. The Balaban J connectivity index is 3.15. The maximum Gasteiger partial charge on any atom is 0.379 e. The van der Waals surface area contributed by atoms with Crippen LogP contribution in [-0.2, 0) is 4.74 Å². The van der Waals surface area contributed by atoms with Gasteiger partial charge in [0.05, 0.1) is 11.5 Å². The van der Waals surface area contributed by atoms with Crippen molar-refractivity contribution < 1.29 is 13.8 Å². The average molecular weight is 226 g/mol. The fraction of sp³-hybridized carbons (Fsp3) is 0.300. The topological polar surface area (TPSA) is 26.3 Å². The molecule has 1 rings (SSSR count). The van der Waals surface area contributed by atoms with Crippen molar-refractivity contribution in [3.8, 4) is 0 Å². The van der Waals surface area contributed by atoms with Crippen LogP contribution in [0, 0.1) is 0 Å². The lowest BCUT2D eigenvalue weighted by Crippen LogP contribution is -2.24. The molecule has 0 saturated carbocycles. The van der Waals surface area contributed by atoms with E-state index in [4.69, 9.17) is 4.74 Å². The number of hydrogen-bond donors (Lipinski definition) is 0. The maximum absolute atomic E-state index is 13.2. The van der Waals surface area contributed by atoms with Gasteiger partial charge in [-0.1, -0.05) is 6.58 Å². The smallest absolute Gasteiger partial charge is 0.379 e. The summed E-state index contributed by atoms with van der Waals surface area (Å²) in [6.07, 6.45) is 0.704. The number of carbonyl (C=O) groups is 1. The van der Waals surface area contributed by atoms with Gasteiger partial charge in [-0.05, 0) is 24.6 Å². The van der Waals surface area contributed by atoms with Gasteiger partial charge in [0.1, 0.15) is 5.76 Å². The highest BCUT2D eigenvalue weighted by atomic mass is 32.1. The Kier molecular flexibility index (Phi) is 4.09. The highest BCUT2D eigenvalue weighted by molar-refractivity contribution is 7.13. The van der Waals surface area contributed by atoms with Crippen molar-refractivity contribution in [3.05, 3.63) is 22.4 Å². The molecule has 0 bridgehead atoms. The fourth-order valence-corrected chi connectivity index (χ4v) is 2.28. The number of hydrogen-bond acceptors (Lipinski definition) is 3. The van der Waals surface area contributed by atoms with Crippen molar-refractivity contribution >= 4 is 35.8 Å². The summed E-state index contributed by atoms with van der Waals surface area (Å²) in [4.78, 5) is 11.2. The fourth-order valence-electron chi connectivity index (χ4n) is 1.31. The van der Waals surface area contributed by atoms with Crippen LogP contribution in [0.5, 0.6) is 0 Å². The number of ether oxygens (including phenoxy) is 1. The molecule has 1 aromatic rings. The zero-order valence-corrected chi connectivity index (χ0v) is 9.57. The summed E-state index contributed by atoms with van der Waals surface area (Å²) in [5.74, 6) is 0.361. The van der Waals surface area contributed by atoms with Crippen LogP contribution >= 0.6 is 11.3 Å². The molecule has 1 aromatic heterocycles. The predicted molar refractivity (Wildman–Crippen MR) is 62.7 cm³/mol. The van der Waals surface area contributed by atoms with Gasteiger partial charge in [0.25, 0.3) is 0 Å². The van der Waals surface area contributed by atoms with Gasteiger partial charge in [-0.15, -0.1) is 11.3 Å². The van der Waals surface area contributed by atoms with E-state index >= 15 is 0 Å². The Morgan fingerprint density at radius 3 is 2.93 bits per heavy atom. The summed E-state index contributed by atoms with van der Waals surface area (Å²) < 4.78 is 18.4. The van der Waals surface area contributed by atoms with E-state index in [1.807, 2.05) is 6.92 Å². The molecule has 5 heteroatoms. The molecule has 0 aliphatic heterocycles. The molecule has 0 radical (unpaired) electrons. The molecule has 0 fully saturated rings. The molecule has 1 heterocycles. The maximum atomic E-state index is 13.2. The molecule has 0 aromatic carbocycles. The first-order valence-corrected chi connectivity index (χ1v) is 5.52. The molecule has 0 spiro atoms. The van der Waals surface area contributed by atoms with E-state index in [1.54, 1.807) is 5.38 Å². The minimum Gasteiger partial charge on any atom is -0.494 e. The molecule has 0 amide bonds. The van der Waals surface area contributed by atoms with E-state index < -0.39 is 6.99 Å². The Hall–Kier alpha value is -1.10. The predicted octanol–water partition coefficient (Wildman–Crippen LogP) is 2.37. The van der Waals surface area contributed by atoms with E-state index in [9.17, 15) is 9.11 Å². The zero-order chi connectivity index (χ0) is 11.4. The van der Waals surface area contributed by atoms with Gasteiger partial charge in [0, 0.05) is 5.56 Å². The molecule has 0 aliphatic carbocycles. The summed E-state index contributed by atoms with van der Waals surface area (Å²) in [7, 11) is 0. The number of rotatable bonds is 5. The summed E-state index contributed by atoms with van der Waals surface area (Å²) in [6.45, 7) is 6.27. The second-order valence-electron chi connectivity index (χ2n) is 3.02. The standard InChI is InChI=1S/C10H12BFO2S/c1-4-14-7(2)10-8(11(3)12)6-15-9(10)5-13/h5-6H,2,4H2,1,3H3. The molecule has 0 unspecified atom stereocenters. The minimum atomic E-state index is -1.12. The number of thiophene rings is 1. The van der Waals surface area contributed by atoms with Gasteiger partial charge in [-0.3, -0.25) is 4.79 Å². The highest BCUT2D eigenvalue weighted by Gasteiger charge is 2.21. The summed E-state index contributed by atoms with van der Waals surface area (Å²) >= 11 is 1.21. The second kappa shape index (κ2) is 5.12. The van der Waals surface area contributed by atoms with Crippen molar-refractivity contribution in [2.75, 3.05) is 6.61 Å². The van der Waals surface area contributed by atoms with E-state index in [2.05, 4.69) is 6.58 Å². The van der Waals surface area contributed by atoms with Crippen LogP contribution in [0.1, 0.15) is 22.2 Å².